The summed E-state index contributed by atoms with van der Waals surface area (Å²) in [4.78, 5) is 12.9. The number of carbonyl (C=O) groups excluding carboxylic acids is 1. The van der Waals surface area contributed by atoms with E-state index in [1.54, 1.807) is 0 Å². The summed E-state index contributed by atoms with van der Waals surface area (Å²) in [7, 11) is -1.82. The molecule has 5 heteroatoms. The van der Waals surface area contributed by atoms with Crippen molar-refractivity contribution in [2.75, 3.05) is 6.61 Å². The van der Waals surface area contributed by atoms with Gasteiger partial charge < -0.3 is 14.3 Å². The highest BCUT2D eigenvalue weighted by molar-refractivity contribution is 6.74. The van der Waals surface area contributed by atoms with Crippen LogP contribution in [0.4, 0.5) is 0 Å². The van der Waals surface area contributed by atoms with E-state index in [4.69, 9.17) is 9.16 Å². The summed E-state index contributed by atoms with van der Waals surface area (Å²) >= 11 is 0. The van der Waals surface area contributed by atoms with Gasteiger partial charge in [-0.2, -0.15) is 0 Å². The average Bonchev–Trinajstić information content (AvgIpc) is 3.25. The Morgan fingerprint density at radius 3 is 2.36 bits per heavy atom. The van der Waals surface area contributed by atoms with E-state index in [1.807, 2.05) is 20.8 Å². The number of hydrogen-bond donors (Lipinski definition) is 1. The molecule has 4 nitrogen and oxygen atoms in total. The van der Waals surface area contributed by atoms with Crippen LogP contribution in [0.2, 0.25) is 18.1 Å². The molecule has 6 atom stereocenters. The number of fused-ring (bicyclic) bond motifs is 1. The van der Waals surface area contributed by atoms with Gasteiger partial charge in [0, 0.05) is 6.10 Å². The van der Waals surface area contributed by atoms with Gasteiger partial charge in [-0.05, 0) is 107 Å². The highest BCUT2D eigenvalue weighted by atomic mass is 28.4. The van der Waals surface area contributed by atoms with E-state index in [0.717, 1.165) is 25.7 Å². The molecule has 3 aliphatic rings. The van der Waals surface area contributed by atoms with Crippen LogP contribution in [0, 0.1) is 28.6 Å². The van der Waals surface area contributed by atoms with E-state index in [2.05, 4.69) is 40.8 Å². The molecule has 3 fully saturated rings. The first-order chi connectivity index (χ1) is 15.1. The third kappa shape index (κ3) is 5.40. The second-order valence-corrected chi connectivity index (χ2v) is 18.7. The SMILES string of the molecule is CCOC(=O)C1CC1(CCCC(C)(C)O)[C@H]1CC[C@H]2[C@@H](O[Si](C)(C)C(C)(C)C)CCC[C@]12C. The minimum absolute atomic E-state index is 0.0118. The molecule has 0 aromatic carbocycles. The normalized spacial score (nSPS) is 37.0. The fraction of sp³-hybridized carbons (Fsp3) is 0.964. The van der Waals surface area contributed by atoms with Crippen molar-refractivity contribution < 1.29 is 19.1 Å². The Hall–Kier alpha value is -0.393. The molecule has 1 N–H and O–H groups in total. The molecule has 0 amide bonds. The van der Waals surface area contributed by atoms with Crippen LogP contribution >= 0.6 is 0 Å². The summed E-state index contributed by atoms with van der Waals surface area (Å²) in [5.74, 6) is 1.20. The second kappa shape index (κ2) is 9.24. The van der Waals surface area contributed by atoms with E-state index < -0.39 is 13.9 Å². The molecule has 0 heterocycles. The number of aliphatic hydroxyl groups is 1. The summed E-state index contributed by atoms with van der Waals surface area (Å²) in [6.07, 6.45) is 10.2. The van der Waals surface area contributed by atoms with Crippen LogP contribution < -0.4 is 0 Å². The molecule has 0 aromatic heterocycles. The minimum Gasteiger partial charge on any atom is -0.466 e. The van der Waals surface area contributed by atoms with Crippen molar-refractivity contribution in [1.29, 1.82) is 0 Å². The van der Waals surface area contributed by atoms with Crippen LogP contribution in [-0.2, 0) is 14.0 Å². The lowest BCUT2D eigenvalue weighted by Gasteiger charge is -2.50. The van der Waals surface area contributed by atoms with Crippen molar-refractivity contribution >= 4 is 14.3 Å². The van der Waals surface area contributed by atoms with Gasteiger partial charge in [0.2, 0.25) is 0 Å². The monoisotopic (exact) mass is 480 g/mol. The van der Waals surface area contributed by atoms with Gasteiger partial charge >= 0.3 is 5.97 Å². The molecule has 0 aliphatic heterocycles. The number of carbonyl (C=O) groups is 1. The molecule has 0 aromatic rings. The average molecular weight is 481 g/mol. The Labute approximate surface area is 204 Å². The number of esters is 1. The molecule has 0 spiro atoms. The van der Waals surface area contributed by atoms with Gasteiger partial charge in [-0.15, -0.1) is 0 Å². The lowest BCUT2D eigenvalue weighted by Crippen LogP contribution is -2.50. The molecule has 2 unspecified atom stereocenters. The Balaban J connectivity index is 1.82. The van der Waals surface area contributed by atoms with E-state index in [-0.39, 0.29) is 27.8 Å². The largest absolute Gasteiger partial charge is 0.466 e. The summed E-state index contributed by atoms with van der Waals surface area (Å²) in [6, 6.07) is 0. The quantitative estimate of drug-likeness (QED) is 0.282. The molecular formula is C28H52O4Si. The molecular weight excluding hydrogens is 428 g/mol. The third-order valence-corrected chi connectivity index (χ3v) is 14.6. The smallest absolute Gasteiger partial charge is 0.309 e. The first-order valence-electron chi connectivity index (χ1n) is 13.6. The second-order valence-electron chi connectivity index (χ2n) is 14.0. The fourth-order valence-corrected chi connectivity index (χ4v) is 8.72. The lowest BCUT2D eigenvalue weighted by atomic mass is 9.59. The van der Waals surface area contributed by atoms with Crippen molar-refractivity contribution in [3.05, 3.63) is 0 Å². The maximum Gasteiger partial charge on any atom is 0.309 e. The molecule has 33 heavy (non-hydrogen) atoms. The zero-order valence-electron chi connectivity index (χ0n) is 23.1. The van der Waals surface area contributed by atoms with Gasteiger partial charge in [-0.3, -0.25) is 4.79 Å². The third-order valence-electron chi connectivity index (χ3n) is 10.1. The van der Waals surface area contributed by atoms with Gasteiger partial charge in [-0.25, -0.2) is 0 Å². The molecule has 0 radical (unpaired) electrons. The topological polar surface area (TPSA) is 55.8 Å². The van der Waals surface area contributed by atoms with Crippen LogP contribution in [0.3, 0.4) is 0 Å². The van der Waals surface area contributed by atoms with Crippen molar-refractivity contribution in [2.45, 2.75) is 136 Å². The Kier molecular flexibility index (Phi) is 7.62. The van der Waals surface area contributed by atoms with Gasteiger partial charge in [0.15, 0.2) is 8.32 Å². The number of hydrogen-bond acceptors (Lipinski definition) is 4. The van der Waals surface area contributed by atoms with Crippen LogP contribution in [0.5, 0.6) is 0 Å². The van der Waals surface area contributed by atoms with Crippen LogP contribution in [0.25, 0.3) is 0 Å². The van der Waals surface area contributed by atoms with Crippen molar-refractivity contribution in [3.63, 3.8) is 0 Å². The van der Waals surface area contributed by atoms with Gasteiger partial charge in [0.25, 0.3) is 0 Å². The molecule has 3 rings (SSSR count). The minimum atomic E-state index is -1.82. The molecule has 0 bridgehead atoms. The zero-order chi connectivity index (χ0) is 24.9. The van der Waals surface area contributed by atoms with Gasteiger partial charge in [-0.1, -0.05) is 40.5 Å². The zero-order valence-corrected chi connectivity index (χ0v) is 24.1. The van der Waals surface area contributed by atoms with Crippen molar-refractivity contribution in [2.24, 2.45) is 28.6 Å². The van der Waals surface area contributed by atoms with E-state index in [9.17, 15) is 9.90 Å². The predicted octanol–water partition coefficient (Wildman–Crippen LogP) is 7.10. The lowest BCUT2D eigenvalue weighted by molar-refractivity contribution is -0.146. The summed E-state index contributed by atoms with van der Waals surface area (Å²) in [5.41, 5.74) is -0.355. The van der Waals surface area contributed by atoms with E-state index in [1.165, 1.54) is 32.1 Å². The highest BCUT2D eigenvalue weighted by Crippen LogP contribution is 2.72. The molecule has 3 aliphatic carbocycles. The van der Waals surface area contributed by atoms with Gasteiger partial charge in [0.1, 0.15) is 0 Å². The maximum absolute atomic E-state index is 12.9. The van der Waals surface area contributed by atoms with Crippen LogP contribution in [0.1, 0.15) is 106 Å². The number of ether oxygens (including phenoxy) is 1. The van der Waals surface area contributed by atoms with E-state index >= 15 is 0 Å². The number of rotatable bonds is 9. The maximum atomic E-state index is 12.9. The molecule has 0 saturated heterocycles. The standard InChI is InChI=1S/C28H52O4Si/c1-10-31-24(29)21-19-28(21,18-12-16-26(5,6)30)23-15-14-20-22(13-11-17-27(20,23)7)32-33(8,9)25(2,3)4/h20-23,30H,10-19H2,1-9H3/t20-,21?,22-,23-,27-,28?/m0/s1. The first kappa shape index (κ1) is 27.2. The molecule has 192 valence electrons. The highest BCUT2D eigenvalue weighted by Gasteiger charge is 2.69. The molecule has 3 saturated carbocycles. The summed E-state index contributed by atoms with van der Waals surface area (Å²) in [5, 5.41) is 10.5. The van der Waals surface area contributed by atoms with Gasteiger partial charge in [0.05, 0.1) is 18.1 Å². The Morgan fingerprint density at radius 2 is 1.79 bits per heavy atom. The Bertz CT molecular complexity index is 706. The predicted molar refractivity (Wildman–Crippen MR) is 138 cm³/mol. The van der Waals surface area contributed by atoms with Crippen molar-refractivity contribution in [1.82, 2.24) is 0 Å². The van der Waals surface area contributed by atoms with E-state index in [0.29, 0.717) is 24.5 Å². The Morgan fingerprint density at radius 1 is 1.12 bits per heavy atom. The van der Waals surface area contributed by atoms with Crippen molar-refractivity contribution in [3.8, 4) is 0 Å². The summed E-state index contributed by atoms with van der Waals surface area (Å²) in [6.45, 7) is 20.5. The summed E-state index contributed by atoms with van der Waals surface area (Å²) < 4.78 is 12.6. The first-order valence-corrected chi connectivity index (χ1v) is 16.5. The van der Waals surface area contributed by atoms with Crippen LogP contribution in [-0.4, -0.2) is 37.7 Å². The van der Waals surface area contributed by atoms with Crippen LogP contribution in [0.15, 0.2) is 0 Å². The fourth-order valence-electron chi connectivity index (χ4n) is 7.33.